The average Bonchev–Trinajstić information content (AvgIpc) is 3.21. The lowest BCUT2D eigenvalue weighted by Crippen LogP contribution is -2.30. The third kappa shape index (κ3) is 4.79. The van der Waals surface area contributed by atoms with Crippen LogP contribution >= 0.6 is 11.6 Å². The van der Waals surface area contributed by atoms with Gasteiger partial charge in [0.25, 0.3) is 11.7 Å². The van der Waals surface area contributed by atoms with E-state index in [1.807, 2.05) is 31.2 Å². The number of carbonyl (C=O) groups excluding carboxylic acids is 2. The zero-order valence-corrected chi connectivity index (χ0v) is 21.3. The molecule has 2 fully saturated rings. The van der Waals surface area contributed by atoms with Crippen LogP contribution in [0.5, 0.6) is 5.75 Å². The number of piperidine rings is 1. The fourth-order valence-electron chi connectivity index (χ4n) is 5.01. The summed E-state index contributed by atoms with van der Waals surface area (Å²) in [6.07, 6.45) is 6.77. The first-order valence-electron chi connectivity index (χ1n) is 12.5. The van der Waals surface area contributed by atoms with E-state index in [9.17, 15) is 14.7 Å². The number of amides is 1. The molecule has 5 rings (SSSR count). The molecule has 0 bridgehead atoms. The van der Waals surface area contributed by atoms with Gasteiger partial charge >= 0.3 is 0 Å². The molecule has 2 aromatic carbocycles. The number of carbonyl (C=O) groups is 2. The van der Waals surface area contributed by atoms with Crippen molar-refractivity contribution in [2.24, 2.45) is 0 Å². The Bertz CT molecular complexity index is 1340. The highest BCUT2D eigenvalue weighted by Gasteiger charge is 2.47. The molecule has 8 heteroatoms. The van der Waals surface area contributed by atoms with Gasteiger partial charge in [0.15, 0.2) is 0 Å². The predicted octanol–water partition coefficient (Wildman–Crippen LogP) is 5.75. The summed E-state index contributed by atoms with van der Waals surface area (Å²) in [4.78, 5) is 34.7. The first-order chi connectivity index (χ1) is 18.0. The Kier molecular flexibility index (Phi) is 7.15. The van der Waals surface area contributed by atoms with Crippen molar-refractivity contribution in [3.05, 3.63) is 88.7 Å². The van der Waals surface area contributed by atoms with E-state index in [-0.39, 0.29) is 11.3 Å². The molecule has 0 radical (unpaired) electrons. The molecule has 2 saturated heterocycles. The molecule has 1 amide bonds. The van der Waals surface area contributed by atoms with E-state index in [0.717, 1.165) is 31.6 Å². The van der Waals surface area contributed by atoms with Gasteiger partial charge in [-0.25, -0.2) is 0 Å². The van der Waals surface area contributed by atoms with Gasteiger partial charge in [0, 0.05) is 42.4 Å². The van der Waals surface area contributed by atoms with E-state index in [2.05, 4.69) is 9.88 Å². The molecule has 3 aromatic rings. The second-order valence-corrected chi connectivity index (χ2v) is 9.50. The monoisotopic (exact) mass is 517 g/mol. The van der Waals surface area contributed by atoms with Gasteiger partial charge in [-0.1, -0.05) is 11.6 Å². The molecule has 2 aliphatic rings. The van der Waals surface area contributed by atoms with E-state index in [4.69, 9.17) is 16.3 Å². The van der Waals surface area contributed by atoms with Gasteiger partial charge in [0.05, 0.1) is 23.2 Å². The molecule has 0 saturated carbocycles. The second-order valence-electron chi connectivity index (χ2n) is 9.09. The largest absolute Gasteiger partial charge is 0.507 e. The smallest absolute Gasteiger partial charge is 0.300 e. The lowest BCUT2D eigenvalue weighted by atomic mass is 9.95. The number of ketones is 1. The van der Waals surface area contributed by atoms with Crippen molar-refractivity contribution in [2.75, 3.05) is 29.5 Å². The zero-order valence-electron chi connectivity index (χ0n) is 20.6. The number of halogens is 1. The summed E-state index contributed by atoms with van der Waals surface area (Å²) >= 11 is 6.23. The minimum Gasteiger partial charge on any atom is -0.507 e. The quantitative estimate of drug-likeness (QED) is 0.255. The van der Waals surface area contributed by atoms with Crippen LogP contribution in [-0.4, -0.2) is 41.5 Å². The van der Waals surface area contributed by atoms with Crippen molar-refractivity contribution < 1.29 is 19.4 Å². The van der Waals surface area contributed by atoms with Crippen molar-refractivity contribution in [1.29, 1.82) is 0 Å². The molecular weight excluding hydrogens is 490 g/mol. The molecule has 3 heterocycles. The van der Waals surface area contributed by atoms with E-state index >= 15 is 0 Å². The number of hydrogen-bond donors (Lipinski definition) is 1. The summed E-state index contributed by atoms with van der Waals surface area (Å²) in [5.41, 5.74) is 2.67. The number of aliphatic hydroxyl groups excluding tert-OH is 1. The number of aromatic nitrogens is 1. The van der Waals surface area contributed by atoms with Crippen molar-refractivity contribution in [1.82, 2.24) is 4.98 Å². The first kappa shape index (κ1) is 24.8. The average molecular weight is 518 g/mol. The maximum atomic E-state index is 13.4. The number of Topliss-reactive ketones (excluding diaryl/α,β-unsaturated/α-hetero) is 1. The molecule has 2 aliphatic heterocycles. The van der Waals surface area contributed by atoms with E-state index < -0.39 is 17.7 Å². The Labute approximate surface area is 220 Å². The van der Waals surface area contributed by atoms with E-state index in [1.165, 1.54) is 11.3 Å². The Balaban J connectivity index is 1.59. The Morgan fingerprint density at radius 1 is 1.00 bits per heavy atom. The molecule has 0 spiro atoms. The SMILES string of the molecule is CCOc1cc(/C(O)=C2/C(=O)C(=O)N(c3ccc(N4CCCCC4)cc3)C2c2ccncc2)ccc1Cl. The van der Waals surface area contributed by atoms with Crippen LogP contribution in [-0.2, 0) is 9.59 Å². The van der Waals surface area contributed by atoms with Crippen LogP contribution in [0, 0.1) is 0 Å². The molecule has 1 N–H and O–H groups in total. The summed E-state index contributed by atoms with van der Waals surface area (Å²) in [7, 11) is 0. The van der Waals surface area contributed by atoms with Crippen molar-refractivity contribution in [3.8, 4) is 5.75 Å². The molecule has 1 atom stereocenters. The summed E-state index contributed by atoms with van der Waals surface area (Å²) in [5.74, 6) is -1.36. The third-order valence-corrected chi connectivity index (χ3v) is 7.13. The van der Waals surface area contributed by atoms with Gasteiger partial charge in [0.1, 0.15) is 11.5 Å². The lowest BCUT2D eigenvalue weighted by Gasteiger charge is -2.30. The number of ether oxygens (including phenoxy) is 1. The minimum absolute atomic E-state index is 0.000998. The van der Waals surface area contributed by atoms with Crippen LogP contribution in [0.2, 0.25) is 5.02 Å². The Morgan fingerprint density at radius 3 is 2.35 bits per heavy atom. The summed E-state index contributed by atoms with van der Waals surface area (Å²) in [5, 5.41) is 11.7. The van der Waals surface area contributed by atoms with Crippen molar-refractivity contribution >= 4 is 40.4 Å². The molecule has 37 heavy (non-hydrogen) atoms. The molecule has 0 aliphatic carbocycles. The number of nitrogens with zero attached hydrogens (tertiary/aromatic N) is 3. The van der Waals surface area contributed by atoms with Gasteiger partial charge in [0.2, 0.25) is 0 Å². The molecule has 1 aromatic heterocycles. The Hall–Kier alpha value is -3.84. The van der Waals surface area contributed by atoms with E-state index in [1.54, 1.807) is 42.7 Å². The topological polar surface area (TPSA) is 83.0 Å². The molecular formula is C29H28ClN3O4. The van der Waals surface area contributed by atoms with Crippen LogP contribution in [0.4, 0.5) is 11.4 Å². The first-order valence-corrected chi connectivity index (χ1v) is 12.9. The molecule has 190 valence electrons. The van der Waals surface area contributed by atoms with Crippen molar-refractivity contribution in [3.63, 3.8) is 0 Å². The van der Waals surface area contributed by atoms with Crippen molar-refractivity contribution in [2.45, 2.75) is 32.2 Å². The van der Waals surface area contributed by atoms with Gasteiger partial charge < -0.3 is 14.7 Å². The zero-order chi connectivity index (χ0) is 25.9. The number of rotatable bonds is 6. The summed E-state index contributed by atoms with van der Waals surface area (Å²) in [6.45, 7) is 4.23. The standard InChI is InChI=1S/C29H28ClN3O4/c1-2-37-24-18-20(6-11-23(24)30)27(34)25-26(19-12-14-31-15-13-19)33(29(36)28(25)35)22-9-7-21(8-10-22)32-16-4-3-5-17-32/h6-15,18,26,34H,2-5,16-17H2,1H3/b27-25-. The minimum atomic E-state index is -0.824. The van der Waals surface area contributed by atoms with Crippen LogP contribution in [0.25, 0.3) is 5.76 Å². The maximum Gasteiger partial charge on any atom is 0.300 e. The maximum absolute atomic E-state index is 13.4. The third-order valence-electron chi connectivity index (χ3n) is 6.82. The van der Waals surface area contributed by atoms with Crippen LogP contribution in [0.3, 0.4) is 0 Å². The highest BCUT2D eigenvalue weighted by Crippen LogP contribution is 2.43. The number of pyridine rings is 1. The highest BCUT2D eigenvalue weighted by molar-refractivity contribution is 6.51. The lowest BCUT2D eigenvalue weighted by molar-refractivity contribution is -0.132. The number of benzene rings is 2. The molecule has 1 unspecified atom stereocenters. The fourth-order valence-corrected chi connectivity index (χ4v) is 5.18. The summed E-state index contributed by atoms with van der Waals surface area (Å²) < 4.78 is 5.56. The van der Waals surface area contributed by atoms with Crippen LogP contribution < -0.4 is 14.5 Å². The van der Waals surface area contributed by atoms with E-state index in [0.29, 0.717) is 34.2 Å². The number of anilines is 2. The normalized spacial score (nSPS) is 19.4. The fraction of sp³-hybridized carbons (Fsp3) is 0.276. The van der Waals surface area contributed by atoms with Gasteiger partial charge in [-0.3, -0.25) is 19.5 Å². The van der Waals surface area contributed by atoms with Gasteiger partial charge in [-0.15, -0.1) is 0 Å². The predicted molar refractivity (Wildman–Crippen MR) is 144 cm³/mol. The summed E-state index contributed by atoms with van der Waals surface area (Å²) in [6, 6.07) is 15.1. The van der Waals surface area contributed by atoms with Crippen LogP contribution in [0.15, 0.2) is 72.6 Å². The number of hydrogen-bond acceptors (Lipinski definition) is 6. The van der Waals surface area contributed by atoms with Gasteiger partial charge in [-0.05, 0) is 86.3 Å². The molecule has 7 nitrogen and oxygen atoms in total. The van der Waals surface area contributed by atoms with Crippen LogP contribution in [0.1, 0.15) is 43.4 Å². The number of aliphatic hydroxyl groups is 1. The second kappa shape index (κ2) is 10.6. The Morgan fingerprint density at radius 2 is 1.68 bits per heavy atom. The van der Waals surface area contributed by atoms with Gasteiger partial charge in [-0.2, -0.15) is 0 Å². The highest BCUT2D eigenvalue weighted by atomic mass is 35.5.